The monoisotopic (exact) mass is 504 g/mol. The van der Waals surface area contributed by atoms with Gasteiger partial charge in [-0.05, 0) is 60.7 Å². The van der Waals surface area contributed by atoms with Gasteiger partial charge in [0, 0.05) is 42.7 Å². The number of nitrogens with two attached hydrogens (primary N) is 3. The molecule has 0 bridgehead atoms. The van der Waals surface area contributed by atoms with E-state index in [1.54, 1.807) is 22.0 Å². The van der Waals surface area contributed by atoms with Gasteiger partial charge in [0.15, 0.2) is 5.69 Å². The van der Waals surface area contributed by atoms with Crippen molar-refractivity contribution in [1.82, 2.24) is 4.90 Å². The molecule has 0 fully saturated rings. The number of carboxylic acid groups (broad SMARTS) is 1. The van der Waals surface area contributed by atoms with Crippen molar-refractivity contribution in [2.75, 3.05) is 23.8 Å². The topological polar surface area (TPSA) is 150 Å². The lowest BCUT2D eigenvalue weighted by Gasteiger charge is -2.30. The molecule has 9 heteroatoms. The summed E-state index contributed by atoms with van der Waals surface area (Å²) in [4.78, 5) is 26.8. The van der Waals surface area contributed by atoms with E-state index < -0.39 is 11.9 Å². The molecule has 194 valence electrons. The molecule has 0 aliphatic carbocycles. The number of carboxylic acids is 1. The Labute approximate surface area is 216 Å². The van der Waals surface area contributed by atoms with Crippen molar-refractivity contribution < 1.29 is 25.4 Å². The minimum Gasteiger partial charge on any atom is -0.481 e. The zero-order valence-corrected chi connectivity index (χ0v) is 21.1. The second-order valence-electron chi connectivity index (χ2n) is 9.37. The molecule has 1 aliphatic rings. The predicted octanol–water partition coefficient (Wildman–Crippen LogP) is 2.67. The van der Waals surface area contributed by atoms with E-state index in [1.165, 1.54) is 0 Å². The number of aliphatic carboxylic acids is 1. The van der Waals surface area contributed by atoms with Crippen LogP contribution in [0.4, 0.5) is 17.1 Å². The van der Waals surface area contributed by atoms with Gasteiger partial charge in [-0.3, -0.25) is 9.59 Å². The largest absolute Gasteiger partial charge is 0.481 e. The normalized spacial score (nSPS) is 13.7. The van der Waals surface area contributed by atoms with Crippen molar-refractivity contribution in [3.63, 3.8) is 0 Å². The number of hydrogen-bond donors (Lipinski definition) is 5. The lowest BCUT2D eigenvalue weighted by atomic mass is 9.82. The van der Waals surface area contributed by atoms with Crippen LogP contribution in [0.5, 0.6) is 0 Å². The van der Waals surface area contributed by atoms with Crippen LogP contribution in [-0.2, 0) is 17.8 Å². The van der Waals surface area contributed by atoms with Crippen molar-refractivity contribution in [1.29, 1.82) is 0 Å². The fraction of sp³-hybridized carbons (Fsp3) is 0.286. The number of benzene rings is 3. The predicted molar refractivity (Wildman–Crippen MR) is 142 cm³/mol. The summed E-state index contributed by atoms with van der Waals surface area (Å²) in [7, 11) is 0. The summed E-state index contributed by atoms with van der Waals surface area (Å²) in [5, 5.41) is 21.4. The summed E-state index contributed by atoms with van der Waals surface area (Å²) in [6.45, 7) is 5.26. The fourth-order valence-electron chi connectivity index (χ4n) is 5.12. The van der Waals surface area contributed by atoms with E-state index in [4.69, 9.17) is 11.6 Å². The lowest BCUT2D eigenvalue weighted by molar-refractivity contribution is -0.826. The van der Waals surface area contributed by atoms with Crippen LogP contribution in [0.1, 0.15) is 57.4 Å². The van der Waals surface area contributed by atoms with Crippen molar-refractivity contribution in [3.8, 4) is 0 Å². The summed E-state index contributed by atoms with van der Waals surface area (Å²) in [5.41, 5.74) is 14.1. The first-order valence-electron chi connectivity index (χ1n) is 12.4. The van der Waals surface area contributed by atoms with E-state index in [0.29, 0.717) is 48.7 Å². The number of carbonyl (C=O) groups excluding carboxylic acids is 1. The fourth-order valence-corrected chi connectivity index (χ4v) is 5.12. The number of quaternary nitrogens is 1. The number of nitrogen functional groups attached to an aromatic ring is 1. The van der Waals surface area contributed by atoms with Crippen molar-refractivity contribution in [2.45, 2.75) is 39.2 Å². The Morgan fingerprint density at radius 2 is 1.89 bits per heavy atom. The van der Waals surface area contributed by atoms with Crippen LogP contribution >= 0.6 is 0 Å². The molecule has 1 unspecified atom stereocenters. The third kappa shape index (κ3) is 5.29. The average Bonchev–Trinajstić information content (AvgIpc) is 2.92. The summed E-state index contributed by atoms with van der Waals surface area (Å²) < 4.78 is 0. The third-order valence-corrected chi connectivity index (χ3v) is 7.18. The first kappa shape index (κ1) is 26.2. The molecular formula is C28H34N5O4+. The van der Waals surface area contributed by atoms with Gasteiger partial charge in [0.1, 0.15) is 0 Å². The SMILES string of the molecule is CCN(N)c1ccc(C(CC(=O)O)c2cc3c(c([NH2+]O)c2)CCN(C(=O)c2ccccc2)C3)c(C)c1N. The Balaban J connectivity index is 1.76. The lowest BCUT2D eigenvalue weighted by Crippen LogP contribution is -2.74. The van der Waals surface area contributed by atoms with Crippen LogP contribution in [0, 0.1) is 6.92 Å². The summed E-state index contributed by atoms with van der Waals surface area (Å²) in [6, 6.07) is 16.6. The molecule has 3 aromatic rings. The molecule has 1 amide bonds. The third-order valence-electron chi connectivity index (χ3n) is 7.18. The highest BCUT2D eigenvalue weighted by atomic mass is 16.5. The molecule has 0 aromatic heterocycles. The number of fused-ring (bicyclic) bond motifs is 1. The van der Waals surface area contributed by atoms with E-state index in [2.05, 4.69) is 0 Å². The molecule has 37 heavy (non-hydrogen) atoms. The molecule has 9 nitrogen and oxygen atoms in total. The molecule has 0 spiro atoms. The van der Waals surface area contributed by atoms with Crippen molar-refractivity contribution >= 4 is 28.9 Å². The van der Waals surface area contributed by atoms with Crippen LogP contribution < -0.4 is 22.1 Å². The van der Waals surface area contributed by atoms with E-state index in [-0.39, 0.29) is 12.3 Å². The maximum Gasteiger partial charge on any atom is 0.304 e. The van der Waals surface area contributed by atoms with Crippen molar-refractivity contribution in [3.05, 3.63) is 88.0 Å². The maximum atomic E-state index is 13.1. The van der Waals surface area contributed by atoms with Gasteiger partial charge in [0.05, 0.1) is 17.8 Å². The molecular weight excluding hydrogens is 470 g/mol. The molecule has 3 aromatic carbocycles. The van der Waals surface area contributed by atoms with Gasteiger partial charge in [0.25, 0.3) is 5.91 Å². The minimum absolute atomic E-state index is 0.0604. The molecule has 1 aliphatic heterocycles. The maximum absolute atomic E-state index is 13.1. The molecule has 8 N–H and O–H groups in total. The van der Waals surface area contributed by atoms with Gasteiger partial charge in [-0.1, -0.05) is 30.3 Å². The van der Waals surface area contributed by atoms with Crippen LogP contribution in [0.25, 0.3) is 0 Å². The van der Waals surface area contributed by atoms with Gasteiger partial charge in [-0.15, -0.1) is 0 Å². The quantitative estimate of drug-likeness (QED) is 0.180. The molecule has 0 radical (unpaired) electrons. The Hall–Kier alpha value is -3.92. The first-order chi connectivity index (χ1) is 17.7. The standard InChI is InChI=1S/C28H33N5O4/c1-3-33(30)25-10-9-21(17(2)27(25)29)23(15-26(34)35)19-13-20-16-32(12-11-22(20)24(14-19)31-37)28(36)18-7-5-4-6-8-18/h4-10,13-14,23,31,37H,3,11-12,15-16,29-30H2,1-2H3,(H,34,35)/p+1. The van der Waals surface area contributed by atoms with Crippen LogP contribution in [-0.4, -0.2) is 40.2 Å². The molecule has 1 heterocycles. The Morgan fingerprint density at radius 3 is 2.54 bits per heavy atom. The second kappa shape index (κ2) is 11.0. The second-order valence-corrected chi connectivity index (χ2v) is 9.37. The van der Waals surface area contributed by atoms with Gasteiger partial charge in [0.2, 0.25) is 0 Å². The van der Waals surface area contributed by atoms with E-state index >= 15 is 0 Å². The van der Waals surface area contributed by atoms with Gasteiger partial charge < -0.3 is 20.7 Å². The molecule has 0 saturated carbocycles. The highest BCUT2D eigenvalue weighted by Crippen LogP contribution is 2.38. The number of anilines is 2. The van der Waals surface area contributed by atoms with Crippen molar-refractivity contribution in [2.24, 2.45) is 5.84 Å². The van der Waals surface area contributed by atoms with Gasteiger partial charge in [-0.2, -0.15) is 5.48 Å². The molecule has 1 atom stereocenters. The van der Waals surface area contributed by atoms with E-state index in [9.17, 15) is 19.9 Å². The van der Waals surface area contributed by atoms with E-state index in [0.717, 1.165) is 33.3 Å². The van der Waals surface area contributed by atoms with Gasteiger partial charge in [-0.25, -0.2) is 11.0 Å². The summed E-state index contributed by atoms with van der Waals surface area (Å²) in [5.74, 6) is 4.55. The number of hydrazine groups is 1. The minimum atomic E-state index is -0.950. The Bertz CT molecular complexity index is 1310. The number of nitrogens with zero attached hydrogens (tertiary/aromatic N) is 2. The van der Waals surface area contributed by atoms with Crippen LogP contribution in [0.15, 0.2) is 54.6 Å². The zero-order valence-electron chi connectivity index (χ0n) is 21.1. The van der Waals surface area contributed by atoms with Gasteiger partial charge >= 0.3 is 5.97 Å². The van der Waals surface area contributed by atoms with Crippen LogP contribution in [0.3, 0.4) is 0 Å². The smallest absolute Gasteiger partial charge is 0.304 e. The van der Waals surface area contributed by atoms with E-state index in [1.807, 2.05) is 56.3 Å². The number of carbonyl (C=O) groups is 2. The highest BCUT2D eigenvalue weighted by Gasteiger charge is 2.29. The number of rotatable bonds is 8. The zero-order chi connectivity index (χ0) is 26.7. The Kier molecular flexibility index (Phi) is 7.77. The number of amides is 1. The van der Waals surface area contributed by atoms with Crippen LogP contribution in [0.2, 0.25) is 0 Å². The molecule has 0 saturated heterocycles. The molecule has 4 rings (SSSR count). The Morgan fingerprint density at radius 1 is 1.16 bits per heavy atom. The average molecular weight is 505 g/mol. The number of hydrogen-bond acceptors (Lipinski definition) is 6. The highest BCUT2D eigenvalue weighted by molar-refractivity contribution is 5.94. The summed E-state index contributed by atoms with van der Waals surface area (Å²) >= 11 is 0. The summed E-state index contributed by atoms with van der Waals surface area (Å²) in [6.07, 6.45) is 0.435. The first-order valence-corrected chi connectivity index (χ1v) is 12.4.